The van der Waals surface area contributed by atoms with Crippen molar-refractivity contribution in [2.75, 3.05) is 32.5 Å². The second-order valence-corrected chi connectivity index (χ2v) is 7.31. The maximum atomic E-state index is 5.93. The van der Waals surface area contributed by atoms with Gasteiger partial charge in [0.15, 0.2) is 0 Å². The van der Waals surface area contributed by atoms with E-state index in [0.29, 0.717) is 11.7 Å². The van der Waals surface area contributed by atoms with E-state index in [2.05, 4.69) is 51.5 Å². The lowest BCUT2D eigenvalue weighted by molar-refractivity contribution is 0.255. The molecule has 5 heteroatoms. The highest BCUT2D eigenvalue weighted by atomic mass is 16.5. The van der Waals surface area contributed by atoms with E-state index in [9.17, 15) is 0 Å². The highest BCUT2D eigenvalue weighted by Gasteiger charge is 2.18. The average Bonchev–Trinajstić information content (AvgIpc) is 2.75. The number of piperidine rings is 1. The molecular formula is C23H26N4O. The van der Waals surface area contributed by atoms with Gasteiger partial charge in [-0.05, 0) is 62.7 Å². The quantitative estimate of drug-likeness (QED) is 0.696. The Bertz CT molecular complexity index is 901. The highest BCUT2D eigenvalue weighted by Crippen LogP contribution is 2.30. The molecule has 1 saturated heterocycles. The predicted octanol–water partition coefficient (Wildman–Crippen LogP) is 4.79. The zero-order valence-corrected chi connectivity index (χ0v) is 16.4. The number of anilines is 1. The Morgan fingerprint density at radius 2 is 1.75 bits per heavy atom. The van der Waals surface area contributed by atoms with Gasteiger partial charge in [-0.3, -0.25) is 4.98 Å². The molecular weight excluding hydrogens is 348 g/mol. The van der Waals surface area contributed by atoms with Crippen LogP contribution < -0.4 is 10.1 Å². The molecule has 0 amide bonds. The maximum absolute atomic E-state index is 5.93. The number of nitrogens with zero attached hydrogens (tertiary/aromatic N) is 3. The number of hydrogen-bond donors (Lipinski definition) is 1. The fraction of sp³-hybridized carbons (Fsp3) is 0.304. The summed E-state index contributed by atoms with van der Waals surface area (Å²) in [5, 5.41) is 3.00. The molecule has 28 heavy (non-hydrogen) atoms. The number of likely N-dealkylation sites (tertiary alicyclic amines) is 1. The Morgan fingerprint density at radius 3 is 2.43 bits per heavy atom. The first-order valence-electron chi connectivity index (χ1n) is 9.78. The second kappa shape index (κ2) is 8.40. The summed E-state index contributed by atoms with van der Waals surface area (Å²) in [7, 11) is 4.04. The third kappa shape index (κ3) is 4.31. The van der Waals surface area contributed by atoms with Crippen LogP contribution in [-0.4, -0.2) is 42.1 Å². The van der Waals surface area contributed by atoms with Crippen LogP contribution in [0, 0.1) is 0 Å². The summed E-state index contributed by atoms with van der Waals surface area (Å²) in [5.74, 6) is 2.94. The molecule has 1 N–H and O–H groups in total. The minimum absolute atomic E-state index is 0.668. The van der Waals surface area contributed by atoms with Crippen molar-refractivity contribution in [2.24, 2.45) is 0 Å². The van der Waals surface area contributed by atoms with Crippen molar-refractivity contribution in [1.29, 1.82) is 0 Å². The van der Waals surface area contributed by atoms with Crippen molar-refractivity contribution >= 4 is 5.82 Å². The summed E-state index contributed by atoms with van der Waals surface area (Å²) in [4.78, 5) is 11.2. The third-order valence-corrected chi connectivity index (χ3v) is 5.36. The average molecular weight is 374 g/mol. The van der Waals surface area contributed by atoms with Gasteiger partial charge in [0.2, 0.25) is 0 Å². The number of hydrogen-bond acceptors (Lipinski definition) is 5. The van der Waals surface area contributed by atoms with Gasteiger partial charge in [-0.25, -0.2) is 4.98 Å². The van der Waals surface area contributed by atoms with Gasteiger partial charge in [0.05, 0.1) is 11.9 Å². The number of rotatable bonds is 5. The smallest absolute Gasteiger partial charge is 0.145 e. The van der Waals surface area contributed by atoms with Gasteiger partial charge in [-0.1, -0.05) is 24.3 Å². The van der Waals surface area contributed by atoms with Crippen LogP contribution in [0.4, 0.5) is 5.82 Å². The van der Waals surface area contributed by atoms with Crippen LogP contribution in [0.3, 0.4) is 0 Å². The molecule has 4 rings (SSSR count). The lowest BCUT2D eigenvalue weighted by Gasteiger charge is -2.29. The topological polar surface area (TPSA) is 50.3 Å². The first kappa shape index (κ1) is 18.4. The zero-order valence-electron chi connectivity index (χ0n) is 16.4. The van der Waals surface area contributed by atoms with E-state index >= 15 is 0 Å². The molecule has 0 unspecified atom stereocenters. The second-order valence-electron chi connectivity index (χ2n) is 7.31. The standard InChI is InChI=1S/C23H26N4O/c1-24-23-8-7-21(16-26-23)28-20-9-12-25-22(15-20)19-5-3-17(4-6-19)18-10-13-27(2)14-11-18/h3-9,12,15-16,18H,10-11,13-14H2,1-2H3,(H,24,26). The highest BCUT2D eigenvalue weighted by molar-refractivity contribution is 5.61. The van der Waals surface area contributed by atoms with E-state index in [-0.39, 0.29) is 0 Å². The van der Waals surface area contributed by atoms with Gasteiger partial charge in [0.1, 0.15) is 17.3 Å². The van der Waals surface area contributed by atoms with Crippen molar-refractivity contribution in [1.82, 2.24) is 14.9 Å². The Balaban J connectivity index is 1.47. The summed E-state index contributed by atoms with van der Waals surface area (Å²) >= 11 is 0. The molecule has 3 aromatic rings. The summed E-state index contributed by atoms with van der Waals surface area (Å²) in [6, 6.07) is 16.5. The molecule has 0 radical (unpaired) electrons. The van der Waals surface area contributed by atoms with E-state index in [0.717, 1.165) is 22.8 Å². The Hall–Kier alpha value is -2.92. The van der Waals surface area contributed by atoms with Gasteiger partial charge < -0.3 is 15.0 Å². The summed E-state index contributed by atoms with van der Waals surface area (Å²) in [6.45, 7) is 2.36. The van der Waals surface area contributed by atoms with Crippen LogP contribution >= 0.6 is 0 Å². The molecule has 1 aromatic carbocycles. The van der Waals surface area contributed by atoms with Crippen LogP contribution in [0.5, 0.6) is 11.5 Å². The fourth-order valence-corrected chi connectivity index (χ4v) is 3.63. The van der Waals surface area contributed by atoms with Crippen molar-refractivity contribution in [3.05, 3.63) is 66.5 Å². The molecule has 0 spiro atoms. The normalized spacial score (nSPS) is 15.4. The van der Waals surface area contributed by atoms with Crippen molar-refractivity contribution in [3.8, 4) is 22.8 Å². The van der Waals surface area contributed by atoms with Gasteiger partial charge in [0, 0.05) is 24.9 Å². The molecule has 0 atom stereocenters. The van der Waals surface area contributed by atoms with Gasteiger partial charge >= 0.3 is 0 Å². The molecule has 2 aromatic heterocycles. The molecule has 0 aliphatic carbocycles. The van der Waals surface area contributed by atoms with E-state index in [1.54, 1.807) is 12.4 Å². The number of pyridine rings is 2. The third-order valence-electron chi connectivity index (χ3n) is 5.36. The number of benzene rings is 1. The van der Waals surface area contributed by atoms with Gasteiger partial charge in [-0.2, -0.15) is 0 Å². The maximum Gasteiger partial charge on any atom is 0.145 e. The first-order valence-corrected chi connectivity index (χ1v) is 9.78. The first-order chi connectivity index (χ1) is 13.7. The minimum Gasteiger partial charge on any atom is -0.456 e. The van der Waals surface area contributed by atoms with E-state index in [1.165, 1.54) is 31.5 Å². The lowest BCUT2D eigenvalue weighted by atomic mass is 9.89. The SMILES string of the molecule is CNc1ccc(Oc2ccnc(-c3ccc(C4CCN(C)CC4)cc3)c2)cn1. The van der Waals surface area contributed by atoms with Crippen LogP contribution in [0.1, 0.15) is 24.3 Å². The van der Waals surface area contributed by atoms with E-state index in [1.807, 2.05) is 31.3 Å². The number of aromatic nitrogens is 2. The Morgan fingerprint density at radius 1 is 0.964 bits per heavy atom. The predicted molar refractivity (Wildman–Crippen MR) is 113 cm³/mol. The van der Waals surface area contributed by atoms with Gasteiger partial charge in [-0.15, -0.1) is 0 Å². The summed E-state index contributed by atoms with van der Waals surface area (Å²) < 4.78 is 5.93. The van der Waals surface area contributed by atoms with Crippen molar-refractivity contribution in [2.45, 2.75) is 18.8 Å². The van der Waals surface area contributed by atoms with Crippen LogP contribution in [0.2, 0.25) is 0 Å². The fourth-order valence-electron chi connectivity index (χ4n) is 3.63. The summed E-state index contributed by atoms with van der Waals surface area (Å²) in [6.07, 6.45) is 5.96. The van der Waals surface area contributed by atoms with Crippen LogP contribution in [-0.2, 0) is 0 Å². The molecule has 1 aliphatic rings. The van der Waals surface area contributed by atoms with E-state index in [4.69, 9.17) is 4.74 Å². The molecule has 5 nitrogen and oxygen atoms in total. The molecule has 0 saturated carbocycles. The minimum atomic E-state index is 0.668. The number of ether oxygens (including phenoxy) is 1. The van der Waals surface area contributed by atoms with Gasteiger partial charge in [0.25, 0.3) is 0 Å². The number of nitrogens with one attached hydrogen (secondary N) is 1. The monoisotopic (exact) mass is 374 g/mol. The molecule has 1 fully saturated rings. The van der Waals surface area contributed by atoms with Crippen LogP contribution in [0.25, 0.3) is 11.3 Å². The van der Waals surface area contributed by atoms with Crippen molar-refractivity contribution in [3.63, 3.8) is 0 Å². The summed E-state index contributed by atoms with van der Waals surface area (Å²) in [5.41, 5.74) is 3.44. The molecule has 3 heterocycles. The lowest BCUT2D eigenvalue weighted by Crippen LogP contribution is -2.29. The zero-order chi connectivity index (χ0) is 19.3. The largest absolute Gasteiger partial charge is 0.456 e. The Kier molecular flexibility index (Phi) is 5.53. The van der Waals surface area contributed by atoms with E-state index < -0.39 is 0 Å². The van der Waals surface area contributed by atoms with Crippen molar-refractivity contribution < 1.29 is 4.74 Å². The molecule has 1 aliphatic heterocycles. The molecule has 0 bridgehead atoms. The molecule has 144 valence electrons. The van der Waals surface area contributed by atoms with Crippen LogP contribution in [0.15, 0.2) is 60.9 Å². The Labute approximate surface area is 166 Å².